The van der Waals surface area contributed by atoms with Crippen molar-refractivity contribution in [3.05, 3.63) is 41.4 Å². The molecule has 0 saturated carbocycles. The van der Waals surface area contributed by atoms with Crippen LogP contribution in [0.25, 0.3) is 11.3 Å². The quantitative estimate of drug-likeness (QED) is 0.845. The summed E-state index contributed by atoms with van der Waals surface area (Å²) < 4.78 is 55.2. The molecular weight excluding hydrogens is 254 g/mol. The number of nitrogens with zero attached hydrogens (tertiary/aromatic N) is 1. The van der Waals surface area contributed by atoms with Gasteiger partial charge in [-0.15, -0.1) is 0 Å². The Hall–Kier alpha value is -1.89. The molecule has 0 aliphatic carbocycles. The van der Waals surface area contributed by atoms with E-state index in [4.69, 9.17) is 5.11 Å². The minimum atomic E-state index is -4.77. The van der Waals surface area contributed by atoms with Crippen molar-refractivity contribution < 1.29 is 27.2 Å². The van der Waals surface area contributed by atoms with Crippen LogP contribution < -0.4 is 0 Å². The number of hydrogen-bond donors (Lipinski definition) is 1. The lowest BCUT2D eigenvalue weighted by atomic mass is 10.1. The highest BCUT2D eigenvalue weighted by atomic mass is 19.4. The number of halogens is 4. The summed E-state index contributed by atoms with van der Waals surface area (Å²) >= 11 is 0. The van der Waals surface area contributed by atoms with Crippen molar-refractivity contribution in [3.8, 4) is 11.3 Å². The summed E-state index contributed by atoms with van der Waals surface area (Å²) in [6.07, 6.45) is -4.77. The number of aliphatic hydroxyl groups is 1. The van der Waals surface area contributed by atoms with E-state index < -0.39 is 24.2 Å². The van der Waals surface area contributed by atoms with Crippen LogP contribution >= 0.6 is 0 Å². The maximum Gasteiger partial charge on any atom is 0.419 e. The summed E-state index contributed by atoms with van der Waals surface area (Å²) in [7, 11) is 0. The molecule has 0 unspecified atom stereocenters. The van der Waals surface area contributed by atoms with Crippen LogP contribution in [0.1, 0.15) is 11.3 Å². The SMILES string of the molecule is OCc1cc(-c2ccc(F)c(C(F)(F)F)c2)no1. The van der Waals surface area contributed by atoms with Crippen molar-refractivity contribution in [2.75, 3.05) is 0 Å². The molecule has 0 aliphatic rings. The zero-order valence-corrected chi connectivity index (χ0v) is 8.83. The fraction of sp³-hybridized carbons (Fsp3) is 0.182. The molecule has 0 aliphatic heterocycles. The van der Waals surface area contributed by atoms with Gasteiger partial charge in [-0.1, -0.05) is 5.16 Å². The first-order valence-corrected chi connectivity index (χ1v) is 4.85. The van der Waals surface area contributed by atoms with Gasteiger partial charge in [0, 0.05) is 11.6 Å². The number of alkyl halides is 3. The number of benzene rings is 1. The number of aromatic nitrogens is 1. The third kappa shape index (κ3) is 2.35. The van der Waals surface area contributed by atoms with Gasteiger partial charge in [0.15, 0.2) is 5.76 Å². The number of aliphatic hydroxyl groups excluding tert-OH is 1. The predicted octanol–water partition coefficient (Wildman–Crippen LogP) is 2.99. The highest BCUT2D eigenvalue weighted by Crippen LogP contribution is 2.34. The number of hydrogen-bond acceptors (Lipinski definition) is 3. The lowest BCUT2D eigenvalue weighted by molar-refractivity contribution is -0.139. The van der Waals surface area contributed by atoms with Gasteiger partial charge in [-0.05, 0) is 18.2 Å². The van der Waals surface area contributed by atoms with Gasteiger partial charge in [-0.2, -0.15) is 13.2 Å². The molecule has 2 aromatic rings. The van der Waals surface area contributed by atoms with Crippen molar-refractivity contribution in [2.45, 2.75) is 12.8 Å². The topological polar surface area (TPSA) is 46.3 Å². The summed E-state index contributed by atoms with van der Waals surface area (Å²) in [6.45, 7) is -0.416. The Morgan fingerprint density at radius 2 is 1.94 bits per heavy atom. The van der Waals surface area contributed by atoms with E-state index in [2.05, 4.69) is 9.68 Å². The van der Waals surface area contributed by atoms with E-state index in [1.54, 1.807) is 0 Å². The molecule has 0 saturated heterocycles. The summed E-state index contributed by atoms with van der Waals surface area (Å²) in [6, 6.07) is 3.80. The van der Waals surface area contributed by atoms with Crippen LogP contribution in [0.5, 0.6) is 0 Å². The second-order valence-electron chi connectivity index (χ2n) is 3.53. The van der Waals surface area contributed by atoms with Gasteiger partial charge in [0.1, 0.15) is 18.1 Å². The Balaban J connectivity index is 2.47. The van der Waals surface area contributed by atoms with Gasteiger partial charge in [0.05, 0.1) is 5.56 Å². The fourth-order valence-corrected chi connectivity index (χ4v) is 1.43. The molecule has 3 nitrogen and oxygen atoms in total. The largest absolute Gasteiger partial charge is 0.419 e. The molecule has 1 aromatic carbocycles. The first-order chi connectivity index (χ1) is 8.41. The van der Waals surface area contributed by atoms with E-state index in [1.165, 1.54) is 6.07 Å². The van der Waals surface area contributed by atoms with Gasteiger partial charge < -0.3 is 9.63 Å². The van der Waals surface area contributed by atoms with Gasteiger partial charge in [-0.25, -0.2) is 4.39 Å². The minimum Gasteiger partial charge on any atom is -0.388 e. The zero-order valence-electron chi connectivity index (χ0n) is 8.83. The lowest BCUT2D eigenvalue weighted by Crippen LogP contribution is -2.08. The Morgan fingerprint density at radius 1 is 1.22 bits per heavy atom. The predicted molar refractivity (Wildman–Crippen MR) is 52.8 cm³/mol. The van der Waals surface area contributed by atoms with Gasteiger partial charge in [0.2, 0.25) is 0 Å². The van der Waals surface area contributed by atoms with Crippen LogP contribution in [-0.2, 0) is 12.8 Å². The monoisotopic (exact) mass is 261 g/mol. The average molecular weight is 261 g/mol. The smallest absolute Gasteiger partial charge is 0.388 e. The molecule has 18 heavy (non-hydrogen) atoms. The third-order valence-electron chi connectivity index (χ3n) is 2.28. The van der Waals surface area contributed by atoms with E-state index in [1.807, 2.05) is 0 Å². The number of rotatable bonds is 2. The highest BCUT2D eigenvalue weighted by molar-refractivity contribution is 5.60. The second-order valence-corrected chi connectivity index (χ2v) is 3.53. The summed E-state index contributed by atoms with van der Waals surface area (Å²) in [5, 5.41) is 12.2. The van der Waals surface area contributed by atoms with Crippen LogP contribution in [0, 0.1) is 5.82 Å². The Kier molecular flexibility index (Phi) is 3.08. The first kappa shape index (κ1) is 12.6. The van der Waals surface area contributed by atoms with Crippen molar-refractivity contribution in [1.29, 1.82) is 0 Å². The molecule has 1 N–H and O–H groups in total. The lowest BCUT2D eigenvalue weighted by Gasteiger charge is -2.08. The molecule has 0 radical (unpaired) electrons. The molecule has 2 rings (SSSR count). The Labute approximate surface area is 98.6 Å². The molecule has 0 bridgehead atoms. The van der Waals surface area contributed by atoms with Crippen molar-refractivity contribution in [3.63, 3.8) is 0 Å². The Morgan fingerprint density at radius 3 is 2.50 bits per heavy atom. The normalized spacial score (nSPS) is 11.8. The molecular formula is C11H7F4NO2. The van der Waals surface area contributed by atoms with Crippen LogP contribution in [0.4, 0.5) is 17.6 Å². The molecule has 0 fully saturated rings. The van der Waals surface area contributed by atoms with Crippen LogP contribution in [-0.4, -0.2) is 10.3 Å². The van der Waals surface area contributed by atoms with E-state index in [9.17, 15) is 17.6 Å². The maximum absolute atomic E-state index is 13.0. The third-order valence-corrected chi connectivity index (χ3v) is 2.28. The molecule has 1 heterocycles. The second kappa shape index (κ2) is 4.41. The first-order valence-electron chi connectivity index (χ1n) is 4.85. The fourth-order valence-electron chi connectivity index (χ4n) is 1.43. The van der Waals surface area contributed by atoms with Crippen LogP contribution in [0.15, 0.2) is 28.8 Å². The molecule has 1 aromatic heterocycles. The van der Waals surface area contributed by atoms with E-state index >= 15 is 0 Å². The Bertz CT molecular complexity index is 562. The molecule has 96 valence electrons. The maximum atomic E-state index is 13.0. The van der Waals surface area contributed by atoms with E-state index in [0.717, 1.165) is 6.07 Å². The average Bonchev–Trinajstić information content (AvgIpc) is 2.76. The van der Waals surface area contributed by atoms with Crippen molar-refractivity contribution in [2.24, 2.45) is 0 Å². The van der Waals surface area contributed by atoms with E-state index in [0.29, 0.717) is 12.1 Å². The zero-order chi connectivity index (χ0) is 13.3. The molecule has 0 amide bonds. The van der Waals surface area contributed by atoms with Gasteiger partial charge in [0.25, 0.3) is 0 Å². The molecule has 0 spiro atoms. The van der Waals surface area contributed by atoms with Gasteiger partial charge in [-0.3, -0.25) is 0 Å². The summed E-state index contributed by atoms with van der Waals surface area (Å²) in [4.78, 5) is 0. The van der Waals surface area contributed by atoms with Crippen LogP contribution in [0.3, 0.4) is 0 Å². The van der Waals surface area contributed by atoms with Crippen LogP contribution in [0.2, 0.25) is 0 Å². The van der Waals surface area contributed by atoms with Crippen molar-refractivity contribution in [1.82, 2.24) is 5.16 Å². The van der Waals surface area contributed by atoms with Crippen molar-refractivity contribution >= 4 is 0 Å². The standard InChI is InChI=1S/C11H7F4NO2/c12-9-2-1-6(3-8(9)11(13,14)15)10-4-7(5-17)18-16-10/h1-4,17H,5H2. The van der Waals surface area contributed by atoms with Gasteiger partial charge >= 0.3 is 6.18 Å². The minimum absolute atomic E-state index is 0.0622. The summed E-state index contributed by atoms with van der Waals surface area (Å²) in [5.41, 5.74) is -1.20. The van der Waals surface area contributed by atoms with E-state index in [-0.39, 0.29) is 17.0 Å². The molecule has 0 atom stereocenters. The summed E-state index contributed by atoms with van der Waals surface area (Å²) in [5.74, 6) is -1.24. The highest BCUT2D eigenvalue weighted by Gasteiger charge is 2.34. The molecule has 7 heteroatoms.